The highest BCUT2D eigenvalue weighted by molar-refractivity contribution is 6.41. The van der Waals surface area contributed by atoms with Crippen LogP contribution in [0.3, 0.4) is 0 Å². The Morgan fingerprint density at radius 2 is 2.08 bits per heavy atom. The molecule has 0 aromatic carbocycles. The third kappa shape index (κ3) is 4.05. The van der Waals surface area contributed by atoms with Crippen LogP contribution in [0.5, 0.6) is 0 Å². The number of hydrogen-bond donors (Lipinski definition) is 2. The molecular weight excluding hydrogens is 349 g/mol. The first-order chi connectivity index (χ1) is 11.3. The summed E-state index contributed by atoms with van der Waals surface area (Å²) in [4.78, 5) is 4.24. The van der Waals surface area contributed by atoms with Gasteiger partial charge in [0, 0.05) is 37.8 Å². The Bertz CT molecular complexity index is 716. The van der Waals surface area contributed by atoms with Crippen LogP contribution in [0.25, 0.3) is 0 Å². The van der Waals surface area contributed by atoms with E-state index in [1.165, 1.54) is 0 Å². The average Bonchev–Trinajstić information content (AvgIpc) is 3.01. The van der Waals surface area contributed by atoms with Crippen molar-refractivity contribution in [3.8, 4) is 0 Å². The molecule has 8 heteroatoms. The summed E-state index contributed by atoms with van der Waals surface area (Å²) in [5.41, 5.74) is 3.04. The third-order valence-electron chi connectivity index (χ3n) is 4.03. The Kier molecular flexibility index (Phi) is 6.18. The molecule has 2 aromatic rings. The quantitative estimate of drug-likeness (QED) is 0.624. The average molecular weight is 372 g/mol. The van der Waals surface area contributed by atoms with Crippen molar-refractivity contribution in [3.05, 3.63) is 39.0 Å². The molecule has 2 aromatic heterocycles. The van der Waals surface area contributed by atoms with Crippen LogP contribution in [-0.2, 0) is 13.6 Å². The van der Waals surface area contributed by atoms with Gasteiger partial charge in [0.1, 0.15) is 10.9 Å². The first-order valence-corrected chi connectivity index (χ1v) is 8.47. The number of aryl methyl sites for hydroxylation is 2. The molecule has 1 unspecified atom stereocenters. The summed E-state index contributed by atoms with van der Waals surface area (Å²) in [7, 11) is 3.61. The zero-order valence-corrected chi connectivity index (χ0v) is 16.1. The van der Waals surface area contributed by atoms with Crippen molar-refractivity contribution >= 4 is 29.2 Å². The molecule has 0 aliphatic rings. The minimum absolute atomic E-state index is 0.258. The fourth-order valence-corrected chi connectivity index (χ4v) is 3.11. The predicted octanol–water partition coefficient (Wildman–Crippen LogP) is 3.41. The Morgan fingerprint density at radius 3 is 2.58 bits per heavy atom. The first kappa shape index (κ1) is 18.7. The highest BCUT2D eigenvalue weighted by atomic mass is 35.5. The molecule has 24 heavy (non-hydrogen) atoms. The van der Waals surface area contributed by atoms with Crippen molar-refractivity contribution in [3.63, 3.8) is 0 Å². The molecule has 0 radical (unpaired) electrons. The van der Waals surface area contributed by atoms with Crippen LogP contribution in [0, 0.1) is 13.8 Å². The van der Waals surface area contributed by atoms with E-state index in [1.54, 1.807) is 7.05 Å². The second-order valence-electron chi connectivity index (χ2n) is 5.78. The number of rotatable bonds is 5. The van der Waals surface area contributed by atoms with Crippen LogP contribution in [-0.4, -0.2) is 29.3 Å². The van der Waals surface area contributed by atoms with Crippen LogP contribution >= 0.6 is 23.2 Å². The minimum Gasteiger partial charge on any atom is -0.361 e. The van der Waals surface area contributed by atoms with Gasteiger partial charge in [-0.3, -0.25) is 4.99 Å². The number of aliphatic imine (C=N–C) groups is 1. The van der Waals surface area contributed by atoms with Crippen LogP contribution < -0.4 is 10.6 Å². The zero-order valence-electron chi connectivity index (χ0n) is 14.6. The SMILES string of the molecule is CN=C(NCc1cc(Cl)c(Cl)n1C)NCC(C)c1c(C)noc1C. The zero-order chi connectivity index (χ0) is 17.9. The third-order valence-corrected chi connectivity index (χ3v) is 4.88. The van der Waals surface area contributed by atoms with E-state index in [1.807, 2.05) is 31.5 Å². The van der Waals surface area contributed by atoms with Gasteiger partial charge in [0.15, 0.2) is 5.96 Å². The van der Waals surface area contributed by atoms with E-state index < -0.39 is 0 Å². The van der Waals surface area contributed by atoms with E-state index in [2.05, 4.69) is 27.7 Å². The molecule has 0 aliphatic carbocycles. The molecule has 132 valence electrons. The van der Waals surface area contributed by atoms with Crippen molar-refractivity contribution in [1.82, 2.24) is 20.4 Å². The van der Waals surface area contributed by atoms with Gasteiger partial charge < -0.3 is 19.7 Å². The maximum atomic E-state index is 6.08. The van der Waals surface area contributed by atoms with Crippen molar-refractivity contribution in [2.24, 2.45) is 12.0 Å². The molecule has 1 atom stereocenters. The normalized spacial score (nSPS) is 13.2. The van der Waals surface area contributed by atoms with Crippen LogP contribution in [0.15, 0.2) is 15.6 Å². The van der Waals surface area contributed by atoms with Gasteiger partial charge >= 0.3 is 0 Å². The highest BCUT2D eigenvalue weighted by Gasteiger charge is 2.16. The standard InChI is InChI=1S/C16H23Cl2N5O/c1-9(14-10(2)22-24-11(14)3)7-20-16(19-4)21-8-12-6-13(17)15(18)23(12)5/h6,9H,7-8H2,1-5H3,(H2,19,20,21). The minimum atomic E-state index is 0.258. The summed E-state index contributed by atoms with van der Waals surface area (Å²) in [5, 5.41) is 11.7. The lowest BCUT2D eigenvalue weighted by molar-refractivity contribution is 0.391. The van der Waals surface area contributed by atoms with Gasteiger partial charge in [-0.05, 0) is 19.9 Å². The summed E-state index contributed by atoms with van der Waals surface area (Å²) >= 11 is 12.1. The van der Waals surface area contributed by atoms with E-state index >= 15 is 0 Å². The summed E-state index contributed by atoms with van der Waals surface area (Å²) in [6.45, 7) is 7.31. The topological polar surface area (TPSA) is 67.4 Å². The lowest BCUT2D eigenvalue weighted by Crippen LogP contribution is -2.39. The molecule has 0 aliphatic heterocycles. The second-order valence-corrected chi connectivity index (χ2v) is 6.54. The van der Waals surface area contributed by atoms with Gasteiger partial charge in [0.05, 0.1) is 17.3 Å². The van der Waals surface area contributed by atoms with E-state index in [4.69, 9.17) is 27.7 Å². The Morgan fingerprint density at radius 1 is 1.38 bits per heavy atom. The molecule has 2 N–H and O–H groups in total. The molecule has 0 amide bonds. The summed E-state index contributed by atoms with van der Waals surface area (Å²) < 4.78 is 7.07. The van der Waals surface area contributed by atoms with Gasteiger partial charge in [-0.25, -0.2) is 0 Å². The van der Waals surface area contributed by atoms with E-state index in [-0.39, 0.29) is 5.92 Å². The van der Waals surface area contributed by atoms with E-state index in [0.29, 0.717) is 22.7 Å². The Balaban J connectivity index is 1.92. The Hall–Kier alpha value is -1.66. The number of hydrogen-bond acceptors (Lipinski definition) is 3. The number of halogens is 2. The highest BCUT2D eigenvalue weighted by Crippen LogP contribution is 2.25. The van der Waals surface area contributed by atoms with Crippen molar-refractivity contribution in [2.45, 2.75) is 33.2 Å². The van der Waals surface area contributed by atoms with Crippen LogP contribution in [0.2, 0.25) is 10.2 Å². The van der Waals surface area contributed by atoms with Gasteiger partial charge in [-0.2, -0.15) is 0 Å². The molecular formula is C16H23Cl2N5O. The molecule has 0 fully saturated rings. The summed E-state index contributed by atoms with van der Waals surface area (Å²) in [6.07, 6.45) is 0. The summed E-state index contributed by atoms with van der Waals surface area (Å²) in [5.74, 6) is 1.83. The predicted molar refractivity (Wildman–Crippen MR) is 98.0 cm³/mol. The first-order valence-electron chi connectivity index (χ1n) is 7.72. The number of aromatic nitrogens is 2. The lowest BCUT2D eigenvalue weighted by Gasteiger charge is -2.16. The molecule has 0 bridgehead atoms. The van der Waals surface area contributed by atoms with E-state index in [0.717, 1.165) is 29.3 Å². The van der Waals surface area contributed by atoms with Crippen LogP contribution in [0.1, 0.15) is 35.6 Å². The monoisotopic (exact) mass is 371 g/mol. The van der Waals surface area contributed by atoms with Crippen molar-refractivity contribution in [2.75, 3.05) is 13.6 Å². The summed E-state index contributed by atoms with van der Waals surface area (Å²) in [6, 6.07) is 1.84. The molecule has 6 nitrogen and oxygen atoms in total. The second kappa shape index (κ2) is 7.94. The molecule has 0 spiro atoms. The smallest absolute Gasteiger partial charge is 0.191 e. The number of nitrogens with zero attached hydrogens (tertiary/aromatic N) is 3. The van der Waals surface area contributed by atoms with Gasteiger partial charge in [-0.1, -0.05) is 35.3 Å². The molecule has 0 saturated heterocycles. The maximum absolute atomic E-state index is 6.08. The van der Waals surface area contributed by atoms with Crippen molar-refractivity contribution in [1.29, 1.82) is 0 Å². The Labute approximate surface area is 152 Å². The van der Waals surface area contributed by atoms with Gasteiger partial charge in [0.25, 0.3) is 0 Å². The molecule has 2 heterocycles. The number of nitrogens with one attached hydrogen (secondary N) is 2. The fourth-order valence-electron chi connectivity index (χ4n) is 2.70. The van der Waals surface area contributed by atoms with Gasteiger partial charge in [0.2, 0.25) is 0 Å². The number of guanidine groups is 1. The van der Waals surface area contributed by atoms with Gasteiger partial charge in [-0.15, -0.1) is 0 Å². The maximum Gasteiger partial charge on any atom is 0.191 e. The fraction of sp³-hybridized carbons (Fsp3) is 0.500. The molecule has 0 saturated carbocycles. The van der Waals surface area contributed by atoms with Crippen molar-refractivity contribution < 1.29 is 4.52 Å². The van der Waals surface area contributed by atoms with Crippen LogP contribution in [0.4, 0.5) is 0 Å². The lowest BCUT2D eigenvalue weighted by atomic mass is 10.00. The van der Waals surface area contributed by atoms with E-state index in [9.17, 15) is 0 Å². The molecule has 2 rings (SSSR count). The largest absolute Gasteiger partial charge is 0.361 e.